The standard InChI is InChI=1S/C68H52N2/c1-5-22-48(7-3)49-36-39-57(40-37-49)70-66(23-6-2)60(8-4)63-46-53(38-43-67(63)70)51-25-20-24-50(44-51)52-26-21-33-58(45-52)69(56-31-16-11-17-32-56)59-41-42-62-61-34-18-19-35-64(61)68(65(62)47-59,54-27-12-9-13-28-54)55-29-14-10-15-30-55/h5-47H,1,3-4H2,2H3/b23-6-,48-22+. The van der Waals surface area contributed by atoms with Crippen molar-refractivity contribution in [2.75, 3.05) is 4.90 Å². The van der Waals surface area contributed by atoms with E-state index < -0.39 is 5.41 Å². The number of hydrogen-bond donors (Lipinski definition) is 0. The number of fused-ring (bicyclic) bond motifs is 4. The minimum atomic E-state index is -0.508. The van der Waals surface area contributed by atoms with Crippen molar-refractivity contribution in [3.63, 3.8) is 0 Å². The SMILES string of the molecule is C=C/C=C(\C=C)c1ccc(-n2c(/C=C\C)c(C=C)c3cc(-c4cccc(-c5cccc(N(c6ccccc6)c6ccc7c(c6)C(c6ccccc6)(c6ccccc6)c6ccccc6-7)c5)c4)ccc32)cc1. The van der Waals surface area contributed by atoms with Gasteiger partial charge in [0.1, 0.15) is 0 Å². The fourth-order valence-corrected chi connectivity index (χ4v) is 10.8. The summed E-state index contributed by atoms with van der Waals surface area (Å²) in [5, 5.41) is 1.15. The molecule has 2 nitrogen and oxygen atoms in total. The van der Waals surface area contributed by atoms with Gasteiger partial charge in [0.15, 0.2) is 0 Å². The van der Waals surface area contributed by atoms with E-state index >= 15 is 0 Å². The summed E-state index contributed by atoms with van der Waals surface area (Å²) >= 11 is 0. The summed E-state index contributed by atoms with van der Waals surface area (Å²) in [7, 11) is 0. The second-order valence-electron chi connectivity index (χ2n) is 17.7. The van der Waals surface area contributed by atoms with Crippen molar-refractivity contribution in [2.45, 2.75) is 12.3 Å². The summed E-state index contributed by atoms with van der Waals surface area (Å²) < 4.78 is 2.33. The Bertz CT molecular complexity index is 3600. The average molecular weight is 897 g/mol. The zero-order valence-corrected chi connectivity index (χ0v) is 39.3. The largest absolute Gasteiger partial charge is 0.310 e. The number of benzene rings is 9. The van der Waals surface area contributed by atoms with Crippen molar-refractivity contribution in [3.05, 3.63) is 308 Å². The molecule has 0 aliphatic heterocycles. The first-order valence-electron chi connectivity index (χ1n) is 24.0. The van der Waals surface area contributed by atoms with E-state index in [2.05, 4.69) is 273 Å². The van der Waals surface area contributed by atoms with Crippen LogP contribution in [0.2, 0.25) is 0 Å². The first-order chi connectivity index (χ1) is 34.5. The second-order valence-corrected chi connectivity index (χ2v) is 17.7. The predicted octanol–water partition coefficient (Wildman–Crippen LogP) is 18.2. The predicted molar refractivity (Wildman–Crippen MR) is 299 cm³/mol. The molecular weight excluding hydrogens is 845 g/mol. The molecule has 0 fully saturated rings. The van der Waals surface area contributed by atoms with Crippen LogP contribution >= 0.6 is 0 Å². The van der Waals surface area contributed by atoms with E-state index in [1.165, 1.54) is 33.4 Å². The van der Waals surface area contributed by atoms with E-state index in [-0.39, 0.29) is 0 Å². The summed E-state index contributed by atoms with van der Waals surface area (Å²) in [5.41, 5.74) is 21.4. The zero-order chi connectivity index (χ0) is 47.6. The van der Waals surface area contributed by atoms with E-state index in [0.29, 0.717) is 0 Å². The highest BCUT2D eigenvalue weighted by atomic mass is 15.1. The summed E-state index contributed by atoms with van der Waals surface area (Å²) in [6.45, 7) is 14.3. The van der Waals surface area contributed by atoms with Crippen LogP contribution in [0, 0.1) is 0 Å². The highest BCUT2D eigenvalue weighted by Gasteiger charge is 2.46. The van der Waals surface area contributed by atoms with Gasteiger partial charge in [-0.05, 0) is 147 Å². The van der Waals surface area contributed by atoms with Crippen molar-refractivity contribution >= 4 is 45.7 Å². The zero-order valence-electron chi connectivity index (χ0n) is 39.3. The minimum absolute atomic E-state index is 0.508. The van der Waals surface area contributed by atoms with Gasteiger partial charge in [0.25, 0.3) is 0 Å². The Kier molecular flexibility index (Phi) is 11.6. The van der Waals surface area contributed by atoms with Crippen LogP contribution in [-0.4, -0.2) is 4.57 Å². The van der Waals surface area contributed by atoms with Gasteiger partial charge in [0.05, 0.1) is 16.6 Å². The molecule has 70 heavy (non-hydrogen) atoms. The molecule has 0 bridgehead atoms. The molecule has 0 amide bonds. The van der Waals surface area contributed by atoms with E-state index in [1.807, 2.05) is 18.2 Å². The number of para-hydroxylation sites is 1. The van der Waals surface area contributed by atoms with Gasteiger partial charge in [-0.25, -0.2) is 0 Å². The van der Waals surface area contributed by atoms with Crippen LogP contribution < -0.4 is 4.90 Å². The van der Waals surface area contributed by atoms with Gasteiger partial charge in [0.2, 0.25) is 0 Å². The molecule has 11 rings (SSSR count). The minimum Gasteiger partial charge on any atom is -0.310 e. The van der Waals surface area contributed by atoms with Crippen molar-refractivity contribution in [1.29, 1.82) is 0 Å². The maximum Gasteiger partial charge on any atom is 0.0714 e. The fourth-order valence-electron chi connectivity index (χ4n) is 10.8. The molecular formula is C68H52N2. The molecule has 2 heteroatoms. The van der Waals surface area contributed by atoms with E-state index in [4.69, 9.17) is 0 Å². The fraction of sp³-hybridized carbons (Fsp3) is 0.0294. The number of nitrogens with zero attached hydrogens (tertiary/aromatic N) is 2. The Morgan fingerprint density at radius 3 is 1.74 bits per heavy atom. The number of anilines is 3. The van der Waals surface area contributed by atoms with Gasteiger partial charge in [-0.1, -0.05) is 208 Å². The molecule has 9 aromatic carbocycles. The van der Waals surface area contributed by atoms with Gasteiger partial charge in [-0.15, -0.1) is 0 Å². The molecule has 0 saturated carbocycles. The number of aromatic nitrogens is 1. The first-order valence-corrected chi connectivity index (χ1v) is 24.0. The monoisotopic (exact) mass is 896 g/mol. The quantitative estimate of drug-likeness (QED) is 0.105. The van der Waals surface area contributed by atoms with Crippen LogP contribution in [0.1, 0.15) is 46.0 Å². The van der Waals surface area contributed by atoms with Crippen LogP contribution in [0.25, 0.3) is 67.7 Å². The lowest BCUT2D eigenvalue weighted by Crippen LogP contribution is -2.28. The smallest absolute Gasteiger partial charge is 0.0714 e. The van der Waals surface area contributed by atoms with Crippen LogP contribution in [0.15, 0.2) is 268 Å². The Morgan fingerprint density at radius 2 is 1.09 bits per heavy atom. The van der Waals surface area contributed by atoms with Crippen LogP contribution in [0.4, 0.5) is 17.1 Å². The molecule has 0 N–H and O–H groups in total. The van der Waals surface area contributed by atoms with Gasteiger partial charge in [-0.3, -0.25) is 0 Å². The summed E-state index contributed by atoms with van der Waals surface area (Å²) in [6, 6.07) is 82.1. The van der Waals surface area contributed by atoms with Crippen molar-refractivity contribution in [2.24, 2.45) is 0 Å². The molecule has 0 saturated heterocycles. The molecule has 10 aromatic rings. The first kappa shape index (κ1) is 43.6. The normalized spacial score (nSPS) is 12.7. The third-order valence-corrected chi connectivity index (χ3v) is 13.9. The summed E-state index contributed by atoms with van der Waals surface area (Å²) in [4.78, 5) is 2.40. The van der Waals surface area contributed by atoms with Crippen molar-refractivity contribution in [1.82, 2.24) is 4.57 Å². The van der Waals surface area contributed by atoms with Crippen molar-refractivity contribution < 1.29 is 0 Å². The summed E-state index contributed by atoms with van der Waals surface area (Å²) in [5.74, 6) is 0. The van der Waals surface area contributed by atoms with Gasteiger partial charge >= 0.3 is 0 Å². The second kappa shape index (κ2) is 18.6. The lowest BCUT2D eigenvalue weighted by atomic mass is 9.67. The number of allylic oxidation sites excluding steroid dienone is 5. The van der Waals surface area contributed by atoms with E-state index in [9.17, 15) is 0 Å². The Labute approximate surface area is 412 Å². The molecule has 1 aliphatic carbocycles. The van der Waals surface area contributed by atoms with Crippen LogP contribution in [-0.2, 0) is 5.41 Å². The highest BCUT2D eigenvalue weighted by molar-refractivity contribution is 5.98. The lowest BCUT2D eigenvalue weighted by molar-refractivity contribution is 0.768. The maximum absolute atomic E-state index is 4.30. The lowest BCUT2D eigenvalue weighted by Gasteiger charge is -2.35. The molecule has 1 aromatic heterocycles. The average Bonchev–Trinajstić information content (AvgIpc) is 3.90. The van der Waals surface area contributed by atoms with Gasteiger partial charge in [-0.2, -0.15) is 0 Å². The third kappa shape index (κ3) is 7.39. The molecule has 334 valence electrons. The molecule has 0 atom stereocenters. The molecule has 1 heterocycles. The molecule has 0 unspecified atom stereocenters. The Hall–Kier alpha value is -8.98. The van der Waals surface area contributed by atoms with E-state index in [0.717, 1.165) is 78.3 Å². The number of rotatable bonds is 13. The molecule has 0 spiro atoms. The highest BCUT2D eigenvalue weighted by Crippen LogP contribution is 2.57. The number of hydrogen-bond acceptors (Lipinski definition) is 1. The third-order valence-electron chi connectivity index (χ3n) is 13.9. The summed E-state index contributed by atoms with van der Waals surface area (Å²) in [6.07, 6.45) is 11.9. The van der Waals surface area contributed by atoms with Gasteiger partial charge < -0.3 is 9.47 Å². The van der Waals surface area contributed by atoms with Crippen molar-refractivity contribution in [3.8, 4) is 39.1 Å². The van der Waals surface area contributed by atoms with Crippen LogP contribution in [0.5, 0.6) is 0 Å². The van der Waals surface area contributed by atoms with Gasteiger partial charge in [0, 0.05) is 33.7 Å². The molecule has 1 aliphatic rings. The Balaban J connectivity index is 1.00. The Morgan fingerprint density at radius 1 is 0.500 bits per heavy atom. The van der Waals surface area contributed by atoms with Crippen LogP contribution in [0.3, 0.4) is 0 Å². The topological polar surface area (TPSA) is 8.17 Å². The van der Waals surface area contributed by atoms with E-state index in [1.54, 1.807) is 6.08 Å². The molecule has 0 radical (unpaired) electrons. The maximum atomic E-state index is 4.30.